The molecule has 3 heterocycles. The van der Waals surface area contributed by atoms with Crippen molar-refractivity contribution in [2.75, 3.05) is 31.1 Å². The van der Waals surface area contributed by atoms with Gasteiger partial charge in [-0.2, -0.15) is 5.10 Å². The monoisotopic (exact) mass is 396 g/mol. The highest BCUT2D eigenvalue weighted by Gasteiger charge is 2.26. The predicted molar refractivity (Wildman–Crippen MR) is 110 cm³/mol. The summed E-state index contributed by atoms with van der Waals surface area (Å²) in [6, 6.07) is 9.82. The van der Waals surface area contributed by atoms with Crippen molar-refractivity contribution in [3.63, 3.8) is 0 Å². The molecule has 0 radical (unpaired) electrons. The quantitative estimate of drug-likeness (QED) is 0.810. The number of aliphatic hydroxyl groups excluding tert-OH is 1. The molecule has 0 bridgehead atoms. The standard InChI is InChI=1S/C22H28N4O3/c27-15-14-26-20(7-10-23-26)18-8-12-24(13-9-18)22(29)16-17-3-5-19(6-4-17)25-11-1-2-21(25)28/h3-7,10,18,27H,1-2,8-9,11-16H2. The Labute approximate surface area is 170 Å². The Balaban J connectivity index is 1.31. The van der Waals surface area contributed by atoms with Crippen molar-refractivity contribution in [3.05, 3.63) is 47.8 Å². The van der Waals surface area contributed by atoms with Gasteiger partial charge in [-0.3, -0.25) is 14.3 Å². The van der Waals surface area contributed by atoms with Crippen molar-refractivity contribution in [3.8, 4) is 0 Å². The number of hydrogen-bond donors (Lipinski definition) is 1. The van der Waals surface area contributed by atoms with Crippen LogP contribution in [0, 0.1) is 0 Å². The van der Waals surface area contributed by atoms with Crippen LogP contribution in [0.2, 0.25) is 0 Å². The molecule has 7 heteroatoms. The van der Waals surface area contributed by atoms with E-state index < -0.39 is 0 Å². The summed E-state index contributed by atoms with van der Waals surface area (Å²) in [5.41, 5.74) is 3.05. The lowest BCUT2D eigenvalue weighted by atomic mass is 9.93. The van der Waals surface area contributed by atoms with Gasteiger partial charge >= 0.3 is 0 Å². The fourth-order valence-corrected chi connectivity index (χ4v) is 4.40. The highest BCUT2D eigenvalue weighted by molar-refractivity contribution is 5.95. The third-order valence-corrected chi connectivity index (χ3v) is 6.00. The van der Waals surface area contributed by atoms with Crippen molar-refractivity contribution >= 4 is 17.5 Å². The van der Waals surface area contributed by atoms with E-state index >= 15 is 0 Å². The Morgan fingerprint density at radius 2 is 1.86 bits per heavy atom. The van der Waals surface area contributed by atoms with E-state index in [4.69, 9.17) is 0 Å². The largest absolute Gasteiger partial charge is 0.394 e. The van der Waals surface area contributed by atoms with Crippen LogP contribution < -0.4 is 4.90 Å². The molecule has 0 unspecified atom stereocenters. The minimum absolute atomic E-state index is 0.0801. The van der Waals surface area contributed by atoms with Crippen LogP contribution in [-0.4, -0.2) is 57.8 Å². The van der Waals surface area contributed by atoms with Gasteiger partial charge in [-0.05, 0) is 43.0 Å². The minimum Gasteiger partial charge on any atom is -0.394 e. The number of piperidine rings is 1. The van der Waals surface area contributed by atoms with Gasteiger partial charge in [0, 0.05) is 49.6 Å². The van der Waals surface area contributed by atoms with Crippen LogP contribution in [0.4, 0.5) is 5.69 Å². The van der Waals surface area contributed by atoms with Crippen LogP contribution >= 0.6 is 0 Å². The lowest BCUT2D eigenvalue weighted by Crippen LogP contribution is -2.39. The number of benzene rings is 1. The van der Waals surface area contributed by atoms with Gasteiger partial charge in [0.15, 0.2) is 0 Å². The van der Waals surface area contributed by atoms with Crippen LogP contribution in [0.5, 0.6) is 0 Å². The van der Waals surface area contributed by atoms with E-state index in [0.717, 1.165) is 55.8 Å². The van der Waals surface area contributed by atoms with E-state index in [9.17, 15) is 14.7 Å². The summed E-state index contributed by atoms with van der Waals surface area (Å²) in [7, 11) is 0. The Kier molecular flexibility index (Phi) is 5.94. The summed E-state index contributed by atoms with van der Waals surface area (Å²) in [4.78, 5) is 28.4. The van der Waals surface area contributed by atoms with Crippen molar-refractivity contribution in [2.45, 2.75) is 44.6 Å². The summed E-state index contributed by atoms with van der Waals surface area (Å²) in [5.74, 6) is 0.708. The van der Waals surface area contributed by atoms with E-state index in [0.29, 0.717) is 25.3 Å². The molecule has 2 saturated heterocycles. The summed E-state index contributed by atoms with van der Waals surface area (Å²) < 4.78 is 1.87. The van der Waals surface area contributed by atoms with Gasteiger partial charge in [-0.15, -0.1) is 0 Å². The first kappa shape index (κ1) is 19.6. The maximum absolute atomic E-state index is 12.7. The fourth-order valence-electron chi connectivity index (χ4n) is 4.40. The molecule has 0 spiro atoms. The average molecular weight is 396 g/mol. The third kappa shape index (κ3) is 4.34. The summed E-state index contributed by atoms with van der Waals surface area (Å²) >= 11 is 0. The van der Waals surface area contributed by atoms with Gasteiger partial charge in [-0.25, -0.2) is 0 Å². The van der Waals surface area contributed by atoms with Gasteiger partial charge in [0.2, 0.25) is 11.8 Å². The molecule has 2 aromatic rings. The van der Waals surface area contributed by atoms with E-state index in [2.05, 4.69) is 5.10 Å². The zero-order chi connectivity index (χ0) is 20.2. The van der Waals surface area contributed by atoms with E-state index in [1.54, 1.807) is 6.20 Å². The molecule has 2 aliphatic heterocycles. The Morgan fingerprint density at radius 3 is 2.52 bits per heavy atom. The van der Waals surface area contributed by atoms with Crippen LogP contribution in [0.25, 0.3) is 0 Å². The molecule has 0 atom stereocenters. The average Bonchev–Trinajstić information content (AvgIpc) is 3.38. The second-order valence-corrected chi connectivity index (χ2v) is 7.85. The maximum atomic E-state index is 12.7. The fraction of sp³-hybridized carbons (Fsp3) is 0.500. The van der Waals surface area contributed by atoms with Crippen LogP contribution in [0.1, 0.15) is 42.9 Å². The highest BCUT2D eigenvalue weighted by atomic mass is 16.3. The third-order valence-electron chi connectivity index (χ3n) is 6.00. The van der Waals surface area contributed by atoms with E-state index in [-0.39, 0.29) is 18.4 Å². The molecule has 1 aromatic heterocycles. The highest BCUT2D eigenvalue weighted by Crippen LogP contribution is 2.28. The molecule has 7 nitrogen and oxygen atoms in total. The molecular weight excluding hydrogens is 368 g/mol. The molecule has 154 valence electrons. The number of nitrogens with zero attached hydrogens (tertiary/aromatic N) is 4. The van der Waals surface area contributed by atoms with Gasteiger partial charge in [-0.1, -0.05) is 12.1 Å². The van der Waals surface area contributed by atoms with Gasteiger partial charge in [0.25, 0.3) is 0 Å². The number of rotatable bonds is 6. The molecule has 29 heavy (non-hydrogen) atoms. The van der Waals surface area contributed by atoms with Crippen LogP contribution in [0.15, 0.2) is 36.5 Å². The van der Waals surface area contributed by atoms with Crippen molar-refractivity contribution in [1.82, 2.24) is 14.7 Å². The second kappa shape index (κ2) is 8.78. The van der Waals surface area contributed by atoms with Gasteiger partial charge in [0.1, 0.15) is 0 Å². The SMILES string of the molecule is O=C(Cc1ccc(N2CCCC2=O)cc1)N1CCC(c2ccnn2CCO)CC1. The smallest absolute Gasteiger partial charge is 0.227 e. The summed E-state index contributed by atoms with van der Waals surface area (Å²) in [6.07, 6.45) is 5.54. The molecule has 1 aromatic carbocycles. The first-order chi connectivity index (χ1) is 14.2. The van der Waals surface area contributed by atoms with Crippen molar-refractivity contribution in [1.29, 1.82) is 0 Å². The first-order valence-electron chi connectivity index (χ1n) is 10.5. The molecular formula is C22H28N4O3. The molecule has 2 fully saturated rings. The molecule has 0 aliphatic carbocycles. The number of aromatic nitrogens is 2. The Bertz CT molecular complexity index is 853. The van der Waals surface area contributed by atoms with E-state index in [1.165, 1.54) is 0 Å². The topological polar surface area (TPSA) is 78.7 Å². The molecule has 0 saturated carbocycles. The van der Waals surface area contributed by atoms with Gasteiger partial charge in [0.05, 0.1) is 19.6 Å². The minimum atomic E-state index is 0.0801. The van der Waals surface area contributed by atoms with Crippen molar-refractivity contribution in [2.24, 2.45) is 0 Å². The normalized spacial score (nSPS) is 17.9. The lowest BCUT2D eigenvalue weighted by Gasteiger charge is -2.32. The second-order valence-electron chi connectivity index (χ2n) is 7.85. The maximum Gasteiger partial charge on any atom is 0.227 e. The van der Waals surface area contributed by atoms with Gasteiger partial charge < -0.3 is 14.9 Å². The Morgan fingerprint density at radius 1 is 1.10 bits per heavy atom. The Hall–Kier alpha value is -2.67. The number of carbonyl (C=O) groups excluding carboxylic acids is 2. The predicted octanol–water partition coefficient (Wildman–Crippen LogP) is 1.95. The lowest BCUT2D eigenvalue weighted by molar-refractivity contribution is -0.131. The van der Waals surface area contributed by atoms with Crippen LogP contribution in [-0.2, 0) is 22.6 Å². The number of aliphatic hydroxyl groups is 1. The number of likely N-dealkylation sites (tertiary alicyclic amines) is 1. The molecule has 1 N–H and O–H groups in total. The first-order valence-corrected chi connectivity index (χ1v) is 10.5. The molecule has 2 amide bonds. The molecule has 2 aliphatic rings. The number of carbonyl (C=O) groups is 2. The number of hydrogen-bond acceptors (Lipinski definition) is 4. The zero-order valence-corrected chi connectivity index (χ0v) is 16.7. The number of amides is 2. The van der Waals surface area contributed by atoms with E-state index in [1.807, 2.05) is 44.8 Å². The summed E-state index contributed by atoms with van der Waals surface area (Å²) in [5, 5.41) is 13.5. The van der Waals surface area contributed by atoms with Crippen LogP contribution in [0.3, 0.4) is 0 Å². The summed E-state index contributed by atoms with van der Waals surface area (Å²) in [6.45, 7) is 2.86. The zero-order valence-electron chi connectivity index (χ0n) is 16.7. The van der Waals surface area contributed by atoms with Crippen molar-refractivity contribution < 1.29 is 14.7 Å². The number of anilines is 1. The molecule has 4 rings (SSSR count).